The van der Waals surface area contributed by atoms with E-state index in [2.05, 4.69) is 5.32 Å². The van der Waals surface area contributed by atoms with Gasteiger partial charge in [0.25, 0.3) is 0 Å². The van der Waals surface area contributed by atoms with E-state index in [1.54, 1.807) is 29.2 Å². The first-order valence-corrected chi connectivity index (χ1v) is 9.66. The molecule has 29 heavy (non-hydrogen) atoms. The van der Waals surface area contributed by atoms with E-state index < -0.39 is 5.92 Å². The van der Waals surface area contributed by atoms with E-state index in [0.29, 0.717) is 23.0 Å². The summed E-state index contributed by atoms with van der Waals surface area (Å²) in [5.41, 5.74) is 1.41. The summed E-state index contributed by atoms with van der Waals surface area (Å²) in [7, 11) is 0. The van der Waals surface area contributed by atoms with E-state index in [1.807, 2.05) is 54.6 Å². The Hall–Kier alpha value is -3.31. The number of hydrogen-bond acceptors (Lipinski definition) is 3. The zero-order valence-electron chi connectivity index (χ0n) is 15.5. The highest BCUT2D eigenvalue weighted by Crippen LogP contribution is 2.29. The van der Waals surface area contributed by atoms with Gasteiger partial charge in [-0.15, -0.1) is 0 Å². The van der Waals surface area contributed by atoms with Crippen LogP contribution in [0.5, 0.6) is 11.5 Å². The van der Waals surface area contributed by atoms with Gasteiger partial charge in [0.15, 0.2) is 0 Å². The van der Waals surface area contributed by atoms with Gasteiger partial charge in [-0.05, 0) is 60.7 Å². The van der Waals surface area contributed by atoms with Crippen LogP contribution < -0.4 is 15.0 Å². The number of rotatable bonds is 5. The molecule has 1 aliphatic rings. The van der Waals surface area contributed by atoms with Crippen LogP contribution in [0.25, 0.3) is 0 Å². The lowest BCUT2D eigenvalue weighted by Gasteiger charge is -2.17. The summed E-state index contributed by atoms with van der Waals surface area (Å²) in [5.74, 6) is 0.781. The van der Waals surface area contributed by atoms with Crippen LogP contribution in [0.4, 0.5) is 11.4 Å². The SMILES string of the molecule is O=C(Nc1ccc(Cl)cc1)[C@@H]1CC(=O)N(c2ccc(Oc3ccccc3)cc2)C1. The number of nitrogens with one attached hydrogen (secondary N) is 1. The third kappa shape index (κ3) is 4.58. The predicted octanol–water partition coefficient (Wildman–Crippen LogP) is 5.12. The number of anilines is 2. The van der Waals surface area contributed by atoms with Crippen molar-refractivity contribution < 1.29 is 14.3 Å². The number of carbonyl (C=O) groups is 2. The lowest BCUT2D eigenvalue weighted by molar-refractivity contribution is -0.122. The summed E-state index contributed by atoms with van der Waals surface area (Å²) in [6, 6.07) is 23.7. The first kappa shape index (κ1) is 19.0. The van der Waals surface area contributed by atoms with Gasteiger partial charge in [0, 0.05) is 29.4 Å². The standard InChI is InChI=1S/C23H19ClN2O3/c24-17-6-8-18(9-7-17)25-23(28)16-14-22(27)26(15-16)19-10-12-21(13-11-19)29-20-4-2-1-3-5-20/h1-13,16H,14-15H2,(H,25,28)/t16-/m1/s1. The summed E-state index contributed by atoms with van der Waals surface area (Å²) in [4.78, 5) is 26.6. The molecule has 6 heteroatoms. The molecular weight excluding hydrogens is 388 g/mol. The van der Waals surface area contributed by atoms with Gasteiger partial charge in [0.2, 0.25) is 11.8 Å². The first-order chi connectivity index (χ1) is 14.1. The van der Waals surface area contributed by atoms with Gasteiger partial charge in [0.05, 0.1) is 5.92 Å². The molecule has 4 rings (SSSR count). The lowest BCUT2D eigenvalue weighted by atomic mass is 10.1. The largest absolute Gasteiger partial charge is 0.457 e. The van der Waals surface area contributed by atoms with Gasteiger partial charge in [-0.1, -0.05) is 29.8 Å². The van der Waals surface area contributed by atoms with E-state index >= 15 is 0 Å². The Morgan fingerprint density at radius 3 is 2.28 bits per heavy atom. The maximum absolute atomic E-state index is 12.5. The van der Waals surface area contributed by atoms with Crippen molar-refractivity contribution >= 4 is 34.8 Å². The predicted molar refractivity (Wildman–Crippen MR) is 113 cm³/mol. The number of carbonyl (C=O) groups excluding carboxylic acids is 2. The number of nitrogens with zero attached hydrogens (tertiary/aromatic N) is 1. The highest BCUT2D eigenvalue weighted by atomic mass is 35.5. The monoisotopic (exact) mass is 406 g/mol. The van der Waals surface area contributed by atoms with Gasteiger partial charge in [0.1, 0.15) is 11.5 Å². The minimum absolute atomic E-state index is 0.0713. The van der Waals surface area contributed by atoms with E-state index in [-0.39, 0.29) is 18.2 Å². The van der Waals surface area contributed by atoms with Crippen LogP contribution in [-0.4, -0.2) is 18.4 Å². The molecule has 2 amide bonds. The van der Waals surface area contributed by atoms with Crippen LogP contribution in [0.3, 0.4) is 0 Å². The molecule has 5 nitrogen and oxygen atoms in total. The van der Waals surface area contributed by atoms with E-state index in [1.165, 1.54) is 0 Å². The van der Waals surface area contributed by atoms with Crippen molar-refractivity contribution in [2.45, 2.75) is 6.42 Å². The van der Waals surface area contributed by atoms with Crippen molar-refractivity contribution in [3.8, 4) is 11.5 Å². The number of hydrogen-bond donors (Lipinski definition) is 1. The Balaban J connectivity index is 1.39. The highest BCUT2D eigenvalue weighted by Gasteiger charge is 2.35. The molecule has 0 spiro atoms. The third-order valence-corrected chi connectivity index (χ3v) is 4.99. The van der Waals surface area contributed by atoms with Crippen molar-refractivity contribution in [2.75, 3.05) is 16.8 Å². The Labute approximate surface area is 173 Å². The molecule has 1 aliphatic heterocycles. The summed E-state index contributed by atoms with van der Waals surface area (Å²) < 4.78 is 5.78. The van der Waals surface area contributed by atoms with E-state index in [4.69, 9.17) is 16.3 Å². The van der Waals surface area contributed by atoms with Gasteiger partial charge < -0.3 is 15.0 Å². The average Bonchev–Trinajstić information content (AvgIpc) is 3.13. The van der Waals surface area contributed by atoms with Gasteiger partial charge in [-0.2, -0.15) is 0 Å². The van der Waals surface area contributed by atoms with Crippen molar-refractivity contribution in [2.24, 2.45) is 5.92 Å². The van der Waals surface area contributed by atoms with Crippen molar-refractivity contribution in [3.05, 3.63) is 83.9 Å². The second-order valence-electron chi connectivity index (χ2n) is 6.81. The van der Waals surface area contributed by atoms with Crippen LogP contribution in [0.1, 0.15) is 6.42 Å². The molecule has 0 aliphatic carbocycles. The molecule has 0 bridgehead atoms. The normalized spacial score (nSPS) is 16.0. The summed E-state index contributed by atoms with van der Waals surface area (Å²) >= 11 is 5.86. The molecule has 146 valence electrons. The molecule has 0 radical (unpaired) electrons. The number of ether oxygens (including phenoxy) is 1. The second-order valence-corrected chi connectivity index (χ2v) is 7.25. The van der Waals surface area contributed by atoms with Crippen LogP contribution in [0, 0.1) is 5.92 Å². The van der Waals surface area contributed by atoms with Crippen molar-refractivity contribution in [1.82, 2.24) is 0 Å². The zero-order chi connectivity index (χ0) is 20.2. The molecule has 1 saturated heterocycles. The summed E-state index contributed by atoms with van der Waals surface area (Å²) in [6.45, 7) is 0.344. The molecule has 1 atom stereocenters. The van der Waals surface area contributed by atoms with Crippen molar-refractivity contribution in [1.29, 1.82) is 0 Å². The quantitative estimate of drug-likeness (QED) is 0.639. The minimum atomic E-state index is -0.404. The minimum Gasteiger partial charge on any atom is -0.457 e. The number of benzene rings is 3. The molecule has 0 unspecified atom stereocenters. The molecule has 3 aromatic rings. The molecule has 0 saturated carbocycles. The Bertz CT molecular complexity index is 1000. The fraction of sp³-hybridized carbons (Fsp3) is 0.130. The Morgan fingerprint density at radius 2 is 1.59 bits per heavy atom. The van der Waals surface area contributed by atoms with E-state index in [9.17, 15) is 9.59 Å². The van der Waals surface area contributed by atoms with Gasteiger partial charge >= 0.3 is 0 Å². The van der Waals surface area contributed by atoms with Gasteiger partial charge in [-0.3, -0.25) is 9.59 Å². The van der Waals surface area contributed by atoms with Crippen LogP contribution >= 0.6 is 11.6 Å². The first-order valence-electron chi connectivity index (χ1n) is 9.28. The Morgan fingerprint density at radius 1 is 0.931 bits per heavy atom. The third-order valence-electron chi connectivity index (χ3n) is 4.73. The molecule has 1 fully saturated rings. The average molecular weight is 407 g/mol. The lowest BCUT2D eigenvalue weighted by Crippen LogP contribution is -2.28. The molecule has 1 heterocycles. The Kier molecular flexibility index (Phi) is 5.49. The molecular formula is C23H19ClN2O3. The highest BCUT2D eigenvalue weighted by molar-refractivity contribution is 6.30. The second kappa shape index (κ2) is 8.37. The van der Waals surface area contributed by atoms with E-state index in [0.717, 1.165) is 11.4 Å². The fourth-order valence-electron chi connectivity index (χ4n) is 3.23. The number of halogens is 1. The topological polar surface area (TPSA) is 58.6 Å². The van der Waals surface area contributed by atoms with Gasteiger partial charge in [-0.25, -0.2) is 0 Å². The molecule has 3 aromatic carbocycles. The molecule has 0 aromatic heterocycles. The van der Waals surface area contributed by atoms with Crippen LogP contribution in [0.15, 0.2) is 78.9 Å². The maximum atomic E-state index is 12.5. The fourth-order valence-corrected chi connectivity index (χ4v) is 3.36. The summed E-state index contributed by atoms with van der Waals surface area (Å²) in [5, 5.41) is 3.45. The molecule has 1 N–H and O–H groups in total. The van der Waals surface area contributed by atoms with Crippen LogP contribution in [0.2, 0.25) is 5.02 Å². The smallest absolute Gasteiger partial charge is 0.229 e. The van der Waals surface area contributed by atoms with Crippen molar-refractivity contribution in [3.63, 3.8) is 0 Å². The van der Waals surface area contributed by atoms with Crippen LogP contribution in [-0.2, 0) is 9.59 Å². The summed E-state index contributed by atoms with van der Waals surface area (Å²) in [6.07, 6.45) is 0.182. The maximum Gasteiger partial charge on any atom is 0.229 e. The number of amides is 2. The zero-order valence-corrected chi connectivity index (χ0v) is 16.3. The number of para-hydroxylation sites is 1.